The van der Waals surface area contributed by atoms with Crippen LogP contribution in [0.2, 0.25) is 0 Å². The highest BCUT2D eigenvalue weighted by Gasteiger charge is 2.37. The Balaban J connectivity index is 2.49. The van der Waals surface area contributed by atoms with Gasteiger partial charge >= 0.3 is 6.09 Å². The zero-order chi connectivity index (χ0) is 27.6. The number of hydrogen-bond donors (Lipinski definition) is 3. The minimum absolute atomic E-state index is 0.286. The summed E-state index contributed by atoms with van der Waals surface area (Å²) in [5.41, 5.74) is 0.165. The van der Waals surface area contributed by atoms with E-state index in [0.717, 1.165) is 4.90 Å². The molecule has 0 aliphatic rings. The first-order chi connectivity index (χ1) is 17.5. The number of aliphatic hydroxyl groups is 1. The van der Waals surface area contributed by atoms with E-state index < -0.39 is 48.7 Å². The number of amides is 3. The Morgan fingerprint density at radius 3 is 2.32 bits per heavy atom. The molecule has 37 heavy (non-hydrogen) atoms. The van der Waals surface area contributed by atoms with Crippen molar-refractivity contribution < 1.29 is 29.0 Å². The molecule has 0 aliphatic heterocycles. The number of anilines is 1. The molecule has 2 rings (SSSR count). The summed E-state index contributed by atoms with van der Waals surface area (Å²) < 4.78 is 10.3. The van der Waals surface area contributed by atoms with Crippen molar-refractivity contribution in [3.8, 4) is 24.2 Å². The van der Waals surface area contributed by atoms with Crippen LogP contribution in [0, 0.1) is 23.7 Å². The number of aliphatic hydroxyl groups excluding tert-OH is 1. The predicted molar refractivity (Wildman–Crippen MR) is 136 cm³/mol. The maximum absolute atomic E-state index is 13.6. The standard InChI is InChI=1S/C27H30N4O6/c1-6-18-9-7-8-10-21(18)23(24(33)29-19-11-13-20(36-5)14-12-19)31(16-15-28)25(34)22(17-32)30-26(35)37-27(2,3)4/h1,7-14,22-23,32H,16-17H2,2-5H3,(H,29,33)(H,30,35). The average molecular weight is 507 g/mol. The summed E-state index contributed by atoms with van der Waals surface area (Å²) in [6, 6.07) is 12.0. The van der Waals surface area contributed by atoms with Gasteiger partial charge in [-0.1, -0.05) is 24.1 Å². The lowest BCUT2D eigenvalue weighted by Crippen LogP contribution is -2.54. The van der Waals surface area contributed by atoms with Crippen molar-refractivity contribution in [1.29, 1.82) is 5.26 Å². The number of benzene rings is 2. The van der Waals surface area contributed by atoms with Gasteiger partial charge in [-0.25, -0.2) is 4.79 Å². The maximum Gasteiger partial charge on any atom is 0.408 e. The SMILES string of the molecule is C#Cc1ccccc1C(C(=O)Nc1ccc(OC)cc1)N(CC#N)C(=O)C(CO)NC(=O)OC(C)(C)C. The van der Waals surface area contributed by atoms with E-state index in [2.05, 4.69) is 16.6 Å². The minimum Gasteiger partial charge on any atom is -0.497 e. The van der Waals surface area contributed by atoms with Gasteiger partial charge in [-0.2, -0.15) is 5.26 Å². The van der Waals surface area contributed by atoms with Crippen LogP contribution in [0.25, 0.3) is 0 Å². The molecule has 2 unspecified atom stereocenters. The summed E-state index contributed by atoms with van der Waals surface area (Å²) in [6.45, 7) is 3.58. The average Bonchev–Trinajstić information content (AvgIpc) is 2.86. The van der Waals surface area contributed by atoms with Crippen LogP contribution in [0.5, 0.6) is 5.75 Å². The molecule has 2 aromatic carbocycles. The zero-order valence-electron chi connectivity index (χ0n) is 21.1. The molecule has 0 spiro atoms. The van der Waals surface area contributed by atoms with Crippen molar-refractivity contribution in [3.63, 3.8) is 0 Å². The molecule has 0 radical (unpaired) electrons. The molecule has 3 N–H and O–H groups in total. The van der Waals surface area contributed by atoms with Crippen LogP contribution in [0.3, 0.4) is 0 Å². The van der Waals surface area contributed by atoms with Crippen LogP contribution in [-0.2, 0) is 14.3 Å². The lowest BCUT2D eigenvalue weighted by atomic mass is 9.97. The highest BCUT2D eigenvalue weighted by atomic mass is 16.6. The molecule has 0 saturated carbocycles. The molecule has 0 heterocycles. The quantitative estimate of drug-likeness (QED) is 0.351. The van der Waals surface area contributed by atoms with Crippen molar-refractivity contribution in [2.24, 2.45) is 0 Å². The minimum atomic E-state index is -1.49. The molecule has 0 saturated heterocycles. The molecule has 2 atom stereocenters. The number of ether oxygens (including phenoxy) is 2. The number of hydrogen-bond acceptors (Lipinski definition) is 7. The van der Waals surface area contributed by atoms with Crippen LogP contribution in [0.4, 0.5) is 10.5 Å². The van der Waals surface area contributed by atoms with Gasteiger partial charge in [0.05, 0.1) is 19.8 Å². The molecule has 10 nitrogen and oxygen atoms in total. The van der Waals surface area contributed by atoms with Crippen molar-refractivity contribution in [3.05, 3.63) is 59.7 Å². The van der Waals surface area contributed by atoms with Gasteiger partial charge in [-0.15, -0.1) is 6.42 Å². The summed E-state index contributed by atoms with van der Waals surface area (Å²) in [6.07, 6.45) is 4.71. The van der Waals surface area contributed by atoms with E-state index in [1.54, 1.807) is 69.3 Å². The number of carbonyl (C=O) groups is 3. The molecule has 194 valence electrons. The van der Waals surface area contributed by atoms with Crippen molar-refractivity contribution >= 4 is 23.6 Å². The number of methoxy groups -OCH3 is 1. The monoisotopic (exact) mass is 506 g/mol. The van der Waals surface area contributed by atoms with Crippen molar-refractivity contribution in [2.75, 3.05) is 25.6 Å². The van der Waals surface area contributed by atoms with Crippen molar-refractivity contribution in [2.45, 2.75) is 38.5 Å². The van der Waals surface area contributed by atoms with Gasteiger partial charge in [0.15, 0.2) is 0 Å². The Kier molecular flexibility index (Phi) is 10.1. The Hall–Kier alpha value is -4.54. The van der Waals surface area contributed by atoms with Gasteiger partial charge in [0, 0.05) is 11.3 Å². The summed E-state index contributed by atoms with van der Waals surface area (Å²) in [4.78, 5) is 40.3. The van der Waals surface area contributed by atoms with E-state index in [-0.39, 0.29) is 5.56 Å². The number of carbonyl (C=O) groups excluding carboxylic acids is 3. The third-order valence-electron chi connectivity index (χ3n) is 5.02. The van der Waals surface area contributed by atoms with Gasteiger partial charge in [-0.3, -0.25) is 9.59 Å². The number of rotatable bonds is 9. The highest BCUT2D eigenvalue weighted by molar-refractivity contribution is 5.99. The second-order valence-electron chi connectivity index (χ2n) is 8.86. The second-order valence-corrected chi connectivity index (χ2v) is 8.86. The summed E-state index contributed by atoms with van der Waals surface area (Å²) in [5, 5.41) is 24.4. The lowest BCUT2D eigenvalue weighted by Gasteiger charge is -2.32. The summed E-state index contributed by atoms with van der Waals surface area (Å²) in [5.74, 6) is 1.53. The fourth-order valence-electron chi connectivity index (χ4n) is 3.41. The molecule has 10 heteroatoms. The Morgan fingerprint density at radius 1 is 1.14 bits per heavy atom. The highest BCUT2D eigenvalue weighted by Crippen LogP contribution is 2.27. The van der Waals surface area contributed by atoms with Crippen LogP contribution < -0.4 is 15.4 Å². The summed E-state index contributed by atoms with van der Waals surface area (Å²) >= 11 is 0. The van der Waals surface area contributed by atoms with Gasteiger partial charge in [0.1, 0.15) is 30.0 Å². The molecular formula is C27H30N4O6. The van der Waals surface area contributed by atoms with Crippen molar-refractivity contribution in [1.82, 2.24) is 10.2 Å². The fraction of sp³-hybridized carbons (Fsp3) is 0.333. The first-order valence-electron chi connectivity index (χ1n) is 11.3. The third-order valence-corrected chi connectivity index (χ3v) is 5.02. The van der Waals surface area contributed by atoms with E-state index in [1.165, 1.54) is 7.11 Å². The topological polar surface area (TPSA) is 141 Å². The van der Waals surface area contributed by atoms with Crippen LogP contribution in [-0.4, -0.2) is 59.8 Å². The Labute approximate surface area is 216 Å². The molecule has 0 aliphatic carbocycles. The number of alkyl carbamates (subject to hydrolysis) is 1. The van der Waals surface area contributed by atoms with Gasteiger partial charge in [-0.05, 0) is 56.7 Å². The number of nitrogens with one attached hydrogen (secondary N) is 2. The molecule has 2 aromatic rings. The van der Waals surface area contributed by atoms with E-state index in [4.69, 9.17) is 15.9 Å². The summed E-state index contributed by atoms with van der Waals surface area (Å²) in [7, 11) is 1.51. The smallest absolute Gasteiger partial charge is 0.408 e. The fourth-order valence-corrected chi connectivity index (χ4v) is 3.41. The van der Waals surface area contributed by atoms with E-state index in [0.29, 0.717) is 17.0 Å². The predicted octanol–water partition coefficient (Wildman–Crippen LogP) is 2.59. The Bertz CT molecular complexity index is 1190. The van der Waals surface area contributed by atoms with E-state index >= 15 is 0 Å². The van der Waals surface area contributed by atoms with Gasteiger partial charge in [0.25, 0.3) is 5.91 Å². The molecule has 0 aromatic heterocycles. The van der Waals surface area contributed by atoms with Gasteiger partial charge in [0.2, 0.25) is 5.91 Å². The second kappa shape index (κ2) is 13.0. The lowest BCUT2D eigenvalue weighted by molar-refractivity contribution is -0.140. The molecule has 3 amide bonds. The number of terminal acetylenes is 1. The zero-order valence-corrected chi connectivity index (χ0v) is 21.1. The first-order valence-corrected chi connectivity index (χ1v) is 11.3. The first kappa shape index (κ1) is 28.7. The van der Waals surface area contributed by atoms with Crippen LogP contribution in [0.1, 0.15) is 37.9 Å². The molecule has 0 fully saturated rings. The molecule has 0 bridgehead atoms. The number of nitrogens with zero attached hydrogens (tertiary/aromatic N) is 2. The van der Waals surface area contributed by atoms with Crippen LogP contribution in [0.15, 0.2) is 48.5 Å². The molecular weight excluding hydrogens is 476 g/mol. The van der Waals surface area contributed by atoms with E-state index in [9.17, 15) is 24.8 Å². The normalized spacial score (nSPS) is 12.2. The third kappa shape index (κ3) is 7.99. The van der Waals surface area contributed by atoms with Gasteiger partial charge < -0.3 is 30.1 Å². The Morgan fingerprint density at radius 2 is 1.78 bits per heavy atom. The van der Waals surface area contributed by atoms with Crippen LogP contribution >= 0.6 is 0 Å². The number of nitriles is 1. The maximum atomic E-state index is 13.6. The largest absolute Gasteiger partial charge is 0.497 e. The van der Waals surface area contributed by atoms with E-state index in [1.807, 2.05) is 6.07 Å².